The summed E-state index contributed by atoms with van der Waals surface area (Å²) in [5, 5.41) is 0. The molecule has 6 nitrogen and oxygen atoms in total. The summed E-state index contributed by atoms with van der Waals surface area (Å²) in [6, 6.07) is 11.1. The first-order valence-corrected chi connectivity index (χ1v) is 14.4. The minimum atomic E-state index is -0.194. The van der Waals surface area contributed by atoms with Crippen molar-refractivity contribution in [3.05, 3.63) is 66.3 Å². The van der Waals surface area contributed by atoms with Gasteiger partial charge >= 0.3 is 0 Å². The second kappa shape index (κ2) is 11.8. The molecule has 36 heavy (non-hydrogen) atoms. The molecule has 2 aliphatic heterocycles. The number of thioether (sulfide) groups is 2. The van der Waals surface area contributed by atoms with Gasteiger partial charge in [0.2, 0.25) is 0 Å². The number of rotatable bonds is 7. The summed E-state index contributed by atoms with van der Waals surface area (Å²) in [5.74, 6) is 1.02. The standard InChI is InChI=1S/C24H18Br2N2O4S4/c1-31-17-5-3-13(9-15(17)25)11-19-21(29)27(23(33)35-19)7-8-28-22(30)20(36-24(28)34)12-14-4-6-18(32-2)16(26)10-14/h3-6,9-12H,7-8H2,1-2H3. The SMILES string of the molecule is COc1ccc(C=C2SC(=S)N(CCN3C(=O)C(=Cc4ccc(OC)c(Br)c4)SC3=S)C2=O)cc1Br. The molecule has 2 aromatic carbocycles. The highest BCUT2D eigenvalue weighted by Crippen LogP contribution is 2.36. The third-order valence-corrected chi connectivity index (χ3v) is 9.24. The van der Waals surface area contributed by atoms with Crippen molar-refractivity contribution in [1.82, 2.24) is 9.80 Å². The molecule has 0 N–H and O–H groups in total. The van der Waals surface area contributed by atoms with Crippen LogP contribution in [0.5, 0.6) is 11.5 Å². The van der Waals surface area contributed by atoms with Gasteiger partial charge in [0.05, 0.1) is 33.0 Å². The predicted octanol–water partition coefficient (Wildman–Crippen LogP) is 6.33. The molecule has 0 aliphatic carbocycles. The monoisotopic (exact) mass is 684 g/mol. The fourth-order valence-corrected chi connectivity index (χ4v) is 7.17. The molecular formula is C24H18Br2N2O4S4. The molecule has 0 atom stereocenters. The van der Waals surface area contributed by atoms with Gasteiger partial charge < -0.3 is 9.47 Å². The molecule has 0 spiro atoms. The minimum Gasteiger partial charge on any atom is -0.496 e. The molecule has 2 aliphatic rings. The van der Waals surface area contributed by atoms with E-state index >= 15 is 0 Å². The van der Waals surface area contributed by atoms with E-state index in [1.54, 1.807) is 26.4 Å². The summed E-state index contributed by atoms with van der Waals surface area (Å²) in [5.41, 5.74) is 1.69. The topological polar surface area (TPSA) is 59.1 Å². The normalized spacial score (nSPS) is 18.2. The van der Waals surface area contributed by atoms with Crippen molar-refractivity contribution in [3.8, 4) is 11.5 Å². The van der Waals surface area contributed by atoms with Crippen LogP contribution in [-0.4, -0.2) is 57.6 Å². The molecule has 0 unspecified atom stereocenters. The van der Waals surface area contributed by atoms with Crippen LogP contribution < -0.4 is 9.47 Å². The minimum absolute atomic E-state index is 0.194. The average molecular weight is 686 g/mol. The van der Waals surface area contributed by atoms with E-state index in [2.05, 4.69) is 31.9 Å². The van der Waals surface area contributed by atoms with Gasteiger partial charge in [-0.3, -0.25) is 19.4 Å². The van der Waals surface area contributed by atoms with Gasteiger partial charge in [-0.1, -0.05) is 60.1 Å². The average Bonchev–Trinajstić information content (AvgIpc) is 3.26. The van der Waals surface area contributed by atoms with Crippen LogP contribution in [0.3, 0.4) is 0 Å². The smallest absolute Gasteiger partial charge is 0.266 e. The van der Waals surface area contributed by atoms with Crippen LogP contribution in [0, 0.1) is 0 Å². The third kappa shape index (κ3) is 5.89. The highest BCUT2D eigenvalue weighted by Gasteiger charge is 2.36. The molecule has 0 aromatic heterocycles. The summed E-state index contributed by atoms with van der Waals surface area (Å²) >= 11 is 20.3. The van der Waals surface area contributed by atoms with Gasteiger partial charge in [0.25, 0.3) is 11.8 Å². The Bertz CT molecular complexity index is 1240. The lowest BCUT2D eigenvalue weighted by Gasteiger charge is -2.19. The predicted molar refractivity (Wildman–Crippen MR) is 161 cm³/mol. The van der Waals surface area contributed by atoms with Crippen molar-refractivity contribution in [2.75, 3.05) is 27.3 Å². The van der Waals surface area contributed by atoms with E-state index in [0.29, 0.717) is 30.0 Å². The maximum atomic E-state index is 13.0. The Labute approximate surface area is 244 Å². The molecule has 2 amide bonds. The molecule has 0 radical (unpaired) electrons. The van der Waals surface area contributed by atoms with E-state index in [0.717, 1.165) is 20.1 Å². The van der Waals surface area contributed by atoms with Crippen molar-refractivity contribution in [2.45, 2.75) is 0 Å². The number of carbonyl (C=O) groups excluding carboxylic acids is 2. The molecular weight excluding hydrogens is 668 g/mol. The lowest BCUT2D eigenvalue weighted by molar-refractivity contribution is -0.125. The van der Waals surface area contributed by atoms with E-state index < -0.39 is 0 Å². The van der Waals surface area contributed by atoms with Crippen molar-refractivity contribution in [3.63, 3.8) is 0 Å². The lowest BCUT2D eigenvalue weighted by atomic mass is 10.2. The highest BCUT2D eigenvalue weighted by molar-refractivity contribution is 9.11. The van der Waals surface area contributed by atoms with Gasteiger partial charge in [-0.25, -0.2) is 0 Å². The summed E-state index contributed by atoms with van der Waals surface area (Å²) < 4.78 is 13.0. The van der Waals surface area contributed by atoms with E-state index in [-0.39, 0.29) is 24.9 Å². The number of halogens is 2. The summed E-state index contributed by atoms with van der Waals surface area (Å²) in [6.45, 7) is 0.504. The van der Waals surface area contributed by atoms with Crippen LogP contribution in [0.1, 0.15) is 11.1 Å². The van der Waals surface area contributed by atoms with E-state index in [1.807, 2.05) is 36.4 Å². The van der Waals surface area contributed by atoms with E-state index in [9.17, 15) is 9.59 Å². The van der Waals surface area contributed by atoms with Gasteiger partial charge in [0.1, 0.15) is 20.1 Å². The zero-order chi connectivity index (χ0) is 26.0. The second-order valence-corrected chi connectivity index (χ2v) is 12.5. The zero-order valence-electron chi connectivity index (χ0n) is 18.9. The summed E-state index contributed by atoms with van der Waals surface area (Å²) in [7, 11) is 3.19. The van der Waals surface area contributed by atoms with Gasteiger partial charge in [-0.2, -0.15) is 0 Å². The maximum absolute atomic E-state index is 13.0. The Hall–Kier alpha value is -1.70. The molecule has 186 valence electrons. The Balaban J connectivity index is 1.43. The Morgan fingerprint density at radius 3 is 1.50 bits per heavy atom. The van der Waals surface area contributed by atoms with Crippen LogP contribution >= 0.6 is 79.8 Å². The van der Waals surface area contributed by atoms with Crippen LogP contribution in [0.15, 0.2) is 55.2 Å². The van der Waals surface area contributed by atoms with Gasteiger partial charge in [0.15, 0.2) is 0 Å². The number of carbonyl (C=O) groups is 2. The fraction of sp³-hybridized carbons (Fsp3) is 0.167. The highest BCUT2D eigenvalue weighted by atomic mass is 79.9. The van der Waals surface area contributed by atoms with Crippen molar-refractivity contribution in [1.29, 1.82) is 0 Å². The fourth-order valence-electron chi connectivity index (χ4n) is 3.43. The van der Waals surface area contributed by atoms with Gasteiger partial charge in [-0.15, -0.1) is 0 Å². The quantitative estimate of drug-likeness (QED) is 0.248. The number of thiocarbonyl (C=S) groups is 2. The van der Waals surface area contributed by atoms with Crippen molar-refractivity contribution >= 4 is 112 Å². The second-order valence-electron chi connectivity index (χ2n) is 7.45. The molecule has 12 heteroatoms. The van der Waals surface area contributed by atoms with Crippen LogP contribution in [0.2, 0.25) is 0 Å². The molecule has 2 aromatic rings. The third-order valence-electron chi connectivity index (χ3n) is 5.24. The van der Waals surface area contributed by atoms with Crippen molar-refractivity contribution in [2.24, 2.45) is 0 Å². The molecule has 2 saturated heterocycles. The molecule has 4 rings (SSSR count). The van der Waals surface area contributed by atoms with Gasteiger partial charge in [0, 0.05) is 13.1 Å². The number of hydrogen-bond acceptors (Lipinski definition) is 8. The van der Waals surface area contributed by atoms with Gasteiger partial charge in [-0.05, 0) is 79.4 Å². The van der Waals surface area contributed by atoms with Crippen LogP contribution in [-0.2, 0) is 9.59 Å². The molecule has 0 bridgehead atoms. The summed E-state index contributed by atoms with van der Waals surface area (Å²) in [6.07, 6.45) is 3.58. The number of amides is 2. The number of benzene rings is 2. The number of methoxy groups -OCH3 is 2. The zero-order valence-corrected chi connectivity index (χ0v) is 25.4. The number of nitrogens with zero attached hydrogens (tertiary/aromatic N) is 2. The molecule has 2 fully saturated rings. The first kappa shape index (κ1) is 27.3. The lowest BCUT2D eigenvalue weighted by Crippen LogP contribution is -2.39. The first-order chi connectivity index (χ1) is 17.2. The number of ether oxygens (including phenoxy) is 2. The largest absolute Gasteiger partial charge is 0.496 e. The van der Waals surface area contributed by atoms with Crippen LogP contribution in [0.4, 0.5) is 0 Å². The molecule has 2 heterocycles. The Morgan fingerprint density at radius 2 is 1.17 bits per heavy atom. The summed E-state index contributed by atoms with van der Waals surface area (Å²) in [4.78, 5) is 30.1. The maximum Gasteiger partial charge on any atom is 0.266 e. The Kier molecular flexibility index (Phi) is 8.95. The first-order valence-electron chi connectivity index (χ1n) is 10.4. The van der Waals surface area contributed by atoms with E-state index in [4.69, 9.17) is 33.9 Å². The Morgan fingerprint density at radius 1 is 0.778 bits per heavy atom. The van der Waals surface area contributed by atoms with E-state index in [1.165, 1.54) is 33.3 Å². The van der Waals surface area contributed by atoms with Crippen LogP contribution in [0.25, 0.3) is 12.2 Å². The van der Waals surface area contributed by atoms with Crippen molar-refractivity contribution < 1.29 is 19.1 Å². The number of hydrogen-bond donors (Lipinski definition) is 0. The molecule has 0 saturated carbocycles.